The van der Waals surface area contributed by atoms with Crippen LogP contribution in [0, 0.1) is 19.7 Å². The summed E-state index contributed by atoms with van der Waals surface area (Å²) in [6.45, 7) is 5.14. The molecule has 9 heteroatoms. The molecule has 1 saturated heterocycles. The van der Waals surface area contributed by atoms with E-state index in [-0.39, 0.29) is 11.9 Å². The highest BCUT2D eigenvalue weighted by Gasteiger charge is 2.29. The van der Waals surface area contributed by atoms with Crippen molar-refractivity contribution in [3.8, 4) is 5.95 Å². The van der Waals surface area contributed by atoms with Gasteiger partial charge in [0.25, 0.3) is 0 Å². The van der Waals surface area contributed by atoms with Crippen molar-refractivity contribution in [3.05, 3.63) is 59.7 Å². The van der Waals surface area contributed by atoms with Crippen LogP contribution in [0.15, 0.2) is 42.5 Å². The van der Waals surface area contributed by atoms with Crippen LogP contribution in [0.2, 0.25) is 0 Å². The zero-order valence-corrected chi connectivity index (χ0v) is 17.7. The molecule has 0 saturated carbocycles. The fourth-order valence-electron chi connectivity index (χ4n) is 3.85. The fraction of sp³-hybridized carbons (Fsp3) is 0.318. The molecule has 31 heavy (non-hydrogen) atoms. The maximum absolute atomic E-state index is 14.2. The summed E-state index contributed by atoms with van der Waals surface area (Å²) in [6.07, 6.45) is -0.240. The number of carbonyl (C=O) groups is 1. The van der Waals surface area contributed by atoms with Crippen LogP contribution in [0.5, 0.6) is 0 Å². The molecule has 4 rings (SSSR count). The fourth-order valence-corrected chi connectivity index (χ4v) is 3.85. The highest BCUT2D eigenvalue weighted by Crippen LogP contribution is 2.27. The Bertz CT molecular complexity index is 1100. The van der Waals surface area contributed by atoms with Crippen molar-refractivity contribution in [2.75, 3.05) is 30.4 Å². The van der Waals surface area contributed by atoms with Gasteiger partial charge in [0.2, 0.25) is 5.95 Å². The lowest BCUT2D eigenvalue weighted by molar-refractivity contribution is 0.142. The Hall–Kier alpha value is -3.62. The molecule has 3 heterocycles. The molecule has 1 aliphatic heterocycles. The van der Waals surface area contributed by atoms with Gasteiger partial charge < -0.3 is 20.2 Å². The molecule has 1 atom stereocenters. The topological polar surface area (TPSA) is 86.5 Å². The van der Waals surface area contributed by atoms with Gasteiger partial charge in [-0.2, -0.15) is 9.97 Å². The summed E-state index contributed by atoms with van der Waals surface area (Å²) in [5.74, 6) is 1.23. The van der Waals surface area contributed by atoms with Crippen LogP contribution in [0.1, 0.15) is 17.8 Å². The second kappa shape index (κ2) is 8.25. The van der Waals surface area contributed by atoms with E-state index < -0.39 is 6.09 Å². The first-order chi connectivity index (χ1) is 14.8. The Balaban J connectivity index is 1.72. The molecular weight excluding hydrogens is 399 g/mol. The lowest BCUT2D eigenvalue weighted by Gasteiger charge is -2.23. The first-order valence-corrected chi connectivity index (χ1v) is 10.1. The van der Waals surface area contributed by atoms with E-state index in [0.717, 1.165) is 11.4 Å². The Morgan fingerprint density at radius 2 is 1.90 bits per heavy atom. The molecule has 8 nitrogen and oxygen atoms in total. The molecule has 3 aromatic rings. The number of hydrogen-bond acceptors (Lipinski definition) is 5. The molecular formula is C22H25FN6O2. The predicted molar refractivity (Wildman–Crippen MR) is 117 cm³/mol. The van der Waals surface area contributed by atoms with Gasteiger partial charge >= 0.3 is 6.09 Å². The average molecular weight is 424 g/mol. The Morgan fingerprint density at radius 3 is 2.58 bits per heavy atom. The van der Waals surface area contributed by atoms with E-state index in [1.165, 1.54) is 11.0 Å². The summed E-state index contributed by atoms with van der Waals surface area (Å²) in [4.78, 5) is 24.1. The molecule has 162 valence electrons. The number of carboxylic acid groups (broad SMARTS) is 1. The minimum atomic E-state index is -0.948. The third kappa shape index (κ3) is 4.16. The standard InChI is InChI=1S/C22H25FN6O2/c1-14-8-9-15(2)29(14)21-25-19(24-18-7-5-4-6-17(18)23)12-20(26-21)28-11-10-16(13-28)27(3)22(30)31/h4-9,12,16H,10-11,13H2,1-3H3,(H,30,31)(H,24,25,26)/t16-/m1/s1. The molecule has 1 aliphatic rings. The molecule has 1 aromatic carbocycles. The van der Waals surface area contributed by atoms with Crippen LogP contribution in [0.3, 0.4) is 0 Å². The Labute approximate surface area is 180 Å². The monoisotopic (exact) mass is 424 g/mol. The summed E-state index contributed by atoms with van der Waals surface area (Å²) in [6, 6.07) is 12.1. The van der Waals surface area contributed by atoms with E-state index in [4.69, 9.17) is 4.98 Å². The first-order valence-electron chi connectivity index (χ1n) is 10.1. The third-order valence-corrected chi connectivity index (χ3v) is 5.65. The van der Waals surface area contributed by atoms with E-state index >= 15 is 0 Å². The van der Waals surface area contributed by atoms with Crippen LogP contribution in [0.4, 0.5) is 26.5 Å². The zero-order chi connectivity index (χ0) is 22.1. The summed E-state index contributed by atoms with van der Waals surface area (Å²) >= 11 is 0. The minimum absolute atomic E-state index is 0.117. The van der Waals surface area contributed by atoms with E-state index in [1.807, 2.05) is 35.4 Å². The van der Waals surface area contributed by atoms with Gasteiger partial charge in [-0.3, -0.25) is 4.57 Å². The molecule has 2 aromatic heterocycles. The number of para-hydroxylation sites is 1. The second-order valence-electron chi connectivity index (χ2n) is 7.75. The van der Waals surface area contributed by atoms with Gasteiger partial charge in [0.05, 0.1) is 11.7 Å². The summed E-state index contributed by atoms with van der Waals surface area (Å²) < 4.78 is 16.1. The molecule has 2 N–H and O–H groups in total. The Morgan fingerprint density at radius 1 is 1.19 bits per heavy atom. The number of halogens is 1. The van der Waals surface area contributed by atoms with Crippen molar-refractivity contribution < 1.29 is 14.3 Å². The second-order valence-corrected chi connectivity index (χ2v) is 7.75. The van der Waals surface area contributed by atoms with Crippen molar-refractivity contribution in [2.45, 2.75) is 26.3 Å². The number of amides is 1. The highest BCUT2D eigenvalue weighted by molar-refractivity contribution is 5.66. The molecule has 0 bridgehead atoms. The lowest BCUT2D eigenvalue weighted by Crippen LogP contribution is -2.38. The van der Waals surface area contributed by atoms with Crippen molar-refractivity contribution >= 4 is 23.4 Å². The van der Waals surface area contributed by atoms with Gasteiger partial charge in [0.1, 0.15) is 17.5 Å². The van der Waals surface area contributed by atoms with Crippen molar-refractivity contribution in [3.63, 3.8) is 0 Å². The number of rotatable bonds is 5. The van der Waals surface area contributed by atoms with Gasteiger partial charge in [-0.05, 0) is 44.5 Å². The van der Waals surface area contributed by atoms with Crippen LogP contribution in [-0.2, 0) is 0 Å². The maximum Gasteiger partial charge on any atom is 0.407 e. The number of likely N-dealkylation sites (N-methyl/N-ethyl adjacent to an activating group) is 1. The van der Waals surface area contributed by atoms with Crippen LogP contribution >= 0.6 is 0 Å². The van der Waals surface area contributed by atoms with Gasteiger partial charge in [-0.15, -0.1) is 0 Å². The van der Waals surface area contributed by atoms with Gasteiger partial charge in [0.15, 0.2) is 0 Å². The number of anilines is 3. The smallest absolute Gasteiger partial charge is 0.407 e. The van der Waals surface area contributed by atoms with E-state index in [2.05, 4.69) is 10.3 Å². The number of aromatic nitrogens is 3. The number of nitrogens with zero attached hydrogens (tertiary/aromatic N) is 5. The average Bonchev–Trinajstić information content (AvgIpc) is 3.36. The van der Waals surface area contributed by atoms with Crippen molar-refractivity contribution in [1.82, 2.24) is 19.4 Å². The van der Waals surface area contributed by atoms with Crippen molar-refractivity contribution in [1.29, 1.82) is 0 Å². The Kier molecular flexibility index (Phi) is 5.50. The normalized spacial score (nSPS) is 15.9. The van der Waals surface area contributed by atoms with Gasteiger partial charge in [0, 0.05) is 37.6 Å². The summed E-state index contributed by atoms with van der Waals surface area (Å²) in [5.41, 5.74) is 2.29. The molecule has 1 fully saturated rings. The van der Waals surface area contributed by atoms with Crippen LogP contribution < -0.4 is 10.2 Å². The van der Waals surface area contributed by atoms with E-state index in [9.17, 15) is 14.3 Å². The van der Waals surface area contributed by atoms with Gasteiger partial charge in [-0.1, -0.05) is 12.1 Å². The van der Waals surface area contributed by atoms with Crippen LogP contribution in [0.25, 0.3) is 5.95 Å². The number of hydrogen-bond donors (Lipinski definition) is 2. The minimum Gasteiger partial charge on any atom is -0.465 e. The maximum atomic E-state index is 14.2. The summed E-state index contributed by atoms with van der Waals surface area (Å²) in [5, 5.41) is 12.4. The molecule has 0 spiro atoms. The number of benzene rings is 1. The lowest BCUT2D eigenvalue weighted by atomic mass is 10.2. The molecule has 0 radical (unpaired) electrons. The number of aryl methyl sites for hydroxylation is 2. The highest BCUT2D eigenvalue weighted by atomic mass is 19.1. The SMILES string of the molecule is Cc1ccc(C)n1-c1nc(Nc2ccccc2F)cc(N2CC[C@@H](N(C)C(=O)O)C2)n1. The first kappa shape index (κ1) is 20.6. The molecule has 0 aliphatic carbocycles. The molecule has 1 amide bonds. The van der Waals surface area contributed by atoms with E-state index in [0.29, 0.717) is 42.8 Å². The van der Waals surface area contributed by atoms with Gasteiger partial charge in [-0.25, -0.2) is 9.18 Å². The van der Waals surface area contributed by atoms with E-state index in [1.54, 1.807) is 31.3 Å². The zero-order valence-electron chi connectivity index (χ0n) is 17.7. The predicted octanol–water partition coefficient (Wildman–Crippen LogP) is 3.96. The largest absolute Gasteiger partial charge is 0.465 e. The summed E-state index contributed by atoms with van der Waals surface area (Å²) in [7, 11) is 1.58. The quantitative estimate of drug-likeness (QED) is 0.645. The molecule has 0 unspecified atom stereocenters. The van der Waals surface area contributed by atoms with Crippen molar-refractivity contribution in [2.24, 2.45) is 0 Å². The third-order valence-electron chi connectivity index (χ3n) is 5.65. The van der Waals surface area contributed by atoms with Crippen LogP contribution in [-0.4, -0.2) is 56.8 Å². The number of nitrogens with one attached hydrogen (secondary N) is 1.